The zero-order valence-corrected chi connectivity index (χ0v) is 26.9. The molecule has 2 saturated carbocycles. The summed E-state index contributed by atoms with van der Waals surface area (Å²) in [7, 11) is -1.89. The number of aliphatic carboxylic acids is 3. The van der Waals surface area contributed by atoms with Crippen LogP contribution in [0.5, 0.6) is 0 Å². The van der Waals surface area contributed by atoms with Crippen molar-refractivity contribution in [3.8, 4) is 0 Å². The minimum absolute atomic E-state index is 0.0397. The van der Waals surface area contributed by atoms with Crippen molar-refractivity contribution in [2.75, 3.05) is 43.8 Å². The fourth-order valence-corrected chi connectivity index (χ4v) is 8.23. The molecule has 2 unspecified atom stereocenters. The molecule has 1 aromatic carbocycles. The van der Waals surface area contributed by atoms with Gasteiger partial charge in [0.05, 0.1) is 30.8 Å². The molecular weight excluding hydrogens is 608 g/mol. The minimum Gasteiger partial charge on any atom is -0.481 e. The van der Waals surface area contributed by atoms with Crippen LogP contribution in [0, 0.1) is 11.8 Å². The van der Waals surface area contributed by atoms with E-state index in [-0.39, 0.29) is 17.8 Å². The summed E-state index contributed by atoms with van der Waals surface area (Å²) >= 11 is 0. The topological polar surface area (TPSA) is 211 Å². The first-order chi connectivity index (χ1) is 21.1. The quantitative estimate of drug-likeness (QED) is 0.152. The van der Waals surface area contributed by atoms with Gasteiger partial charge in [0.1, 0.15) is 0 Å². The summed E-state index contributed by atoms with van der Waals surface area (Å²) in [4.78, 5) is 33.1. The first-order valence-corrected chi connectivity index (χ1v) is 17.2. The largest absolute Gasteiger partial charge is 0.481 e. The number of likely N-dealkylation sites (tertiary alicyclic amines) is 1. The number of carbonyl (C=O) groups is 3. The van der Waals surface area contributed by atoms with E-state index in [9.17, 15) is 27.9 Å². The number of piperidine rings is 1. The Morgan fingerprint density at radius 3 is 2.16 bits per heavy atom. The molecule has 254 valence electrons. The van der Waals surface area contributed by atoms with E-state index in [1.807, 2.05) is 18.2 Å². The summed E-state index contributed by atoms with van der Waals surface area (Å²) < 4.78 is 32.2. The van der Waals surface area contributed by atoms with Crippen molar-refractivity contribution in [2.45, 2.75) is 87.7 Å². The van der Waals surface area contributed by atoms with Gasteiger partial charge in [0.2, 0.25) is 10.0 Å². The number of nitrogens with one attached hydrogen (secondary N) is 1. The zero-order valence-electron chi connectivity index (χ0n) is 26.1. The first kappa shape index (κ1) is 36.7. The Hall–Kier alpha value is -2.78. The van der Waals surface area contributed by atoms with Gasteiger partial charge < -0.3 is 35.2 Å². The summed E-state index contributed by atoms with van der Waals surface area (Å²) in [6, 6.07) is 8.00. The van der Waals surface area contributed by atoms with Crippen LogP contribution >= 0.6 is 0 Å². The molecule has 1 aromatic rings. The number of aliphatic hydroxyl groups is 2. The zero-order chi connectivity index (χ0) is 33.5. The SMILES string of the molecule is CCC1(c2cccc(NS(=O)(=O)CCOC)c2)C2CN(CCCC3(O)CCCCC3)CC21.O=C(O)CC(O)(CC(=O)O)C(=O)O. The van der Waals surface area contributed by atoms with E-state index in [1.54, 1.807) is 0 Å². The summed E-state index contributed by atoms with van der Waals surface area (Å²) in [5.41, 5.74) is -1.07. The normalized spacial score (nSPS) is 24.2. The van der Waals surface area contributed by atoms with Crippen LogP contribution in [0.2, 0.25) is 0 Å². The van der Waals surface area contributed by atoms with E-state index in [1.165, 1.54) is 31.9 Å². The molecule has 13 nitrogen and oxygen atoms in total. The highest BCUT2D eigenvalue weighted by atomic mass is 32.2. The third-order valence-corrected chi connectivity index (χ3v) is 10.9. The van der Waals surface area contributed by atoms with Crippen LogP contribution in [0.3, 0.4) is 0 Å². The highest BCUT2D eigenvalue weighted by molar-refractivity contribution is 7.92. The lowest BCUT2D eigenvalue weighted by Gasteiger charge is -2.33. The number of ether oxygens (including phenoxy) is 1. The standard InChI is InChI=1S/C25H40N2O4S.C6H8O7/c1-3-25(20-9-7-10-21(17-20)26-32(29,30)16-15-31-2)22-18-27(19-23(22)25)14-8-13-24(28)11-5-4-6-12-24;7-3(8)1-6(13,5(11)12)2-4(9)10/h7,9-10,17,22-23,26,28H,3-6,8,11-16,18-19H2,1-2H3;13H,1-2H2,(H,7,8)(H,9,10)(H,11,12). The van der Waals surface area contributed by atoms with Gasteiger partial charge in [-0.05, 0) is 68.2 Å². The van der Waals surface area contributed by atoms with Gasteiger partial charge in [-0.2, -0.15) is 0 Å². The highest BCUT2D eigenvalue weighted by Crippen LogP contribution is 2.65. The number of nitrogens with zero attached hydrogens (tertiary/aromatic N) is 1. The number of carboxylic acid groups (broad SMARTS) is 3. The molecule has 0 aromatic heterocycles. The fourth-order valence-electron chi connectivity index (χ4n) is 7.26. The molecule has 0 spiro atoms. The van der Waals surface area contributed by atoms with Crippen LogP contribution in [-0.2, 0) is 34.6 Å². The smallest absolute Gasteiger partial charge is 0.336 e. The number of carboxylic acids is 3. The van der Waals surface area contributed by atoms with Gasteiger partial charge in [-0.3, -0.25) is 14.3 Å². The molecule has 14 heteroatoms. The second-order valence-corrected chi connectivity index (χ2v) is 14.6. The molecule has 4 rings (SSSR count). The Labute approximate surface area is 264 Å². The monoisotopic (exact) mass is 656 g/mol. The highest BCUT2D eigenvalue weighted by Gasteiger charge is 2.67. The molecule has 1 heterocycles. The van der Waals surface area contributed by atoms with Crippen molar-refractivity contribution < 1.29 is 53.1 Å². The van der Waals surface area contributed by atoms with E-state index in [2.05, 4.69) is 22.6 Å². The average Bonchev–Trinajstić information content (AvgIpc) is 3.33. The molecule has 6 N–H and O–H groups in total. The number of benzene rings is 1. The van der Waals surface area contributed by atoms with Crippen molar-refractivity contribution in [3.05, 3.63) is 29.8 Å². The van der Waals surface area contributed by atoms with Gasteiger partial charge in [0.25, 0.3) is 0 Å². The van der Waals surface area contributed by atoms with E-state index < -0.39 is 52.0 Å². The molecular formula is C31H48N2O11S. The average molecular weight is 657 g/mol. The van der Waals surface area contributed by atoms with Gasteiger partial charge in [-0.25, -0.2) is 13.2 Å². The summed E-state index contributed by atoms with van der Waals surface area (Å²) in [5.74, 6) is -3.77. The van der Waals surface area contributed by atoms with Crippen molar-refractivity contribution in [1.82, 2.24) is 4.90 Å². The number of hydrogen-bond acceptors (Lipinski definition) is 9. The Morgan fingerprint density at radius 1 is 1.04 bits per heavy atom. The van der Waals surface area contributed by atoms with Crippen molar-refractivity contribution >= 4 is 33.6 Å². The fraction of sp³-hybridized carbons (Fsp3) is 0.710. The van der Waals surface area contributed by atoms with Crippen molar-refractivity contribution in [2.24, 2.45) is 11.8 Å². The maximum absolute atomic E-state index is 12.3. The van der Waals surface area contributed by atoms with Crippen LogP contribution in [0.4, 0.5) is 5.69 Å². The van der Waals surface area contributed by atoms with Crippen LogP contribution in [-0.4, -0.2) is 107 Å². The van der Waals surface area contributed by atoms with Gasteiger partial charge in [0, 0.05) is 31.3 Å². The third-order valence-electron chi connectivity index (χ3n) is 9.61. The van der Waals surface area contributed by atoms with Crippen LogP contribution in [0.1, 0.15) is 76.7 Å². The van der Waals surface area contributed by atoms with Crippen LogP contribution in [0.15, 0.2) is 24.3 Å². The van der Waals surface area contributed by atoms with Crippen molar-refractivity contribution in [1.29, 1.82) is 0 Å². The van der Waals surface area contributed by atoms with Gasteiger partial charge in [-0.1, -0.05) is 38.3 Å². The van der Waals surface area contributed by atoms with E-state index in [4.69, 9.17) is 25.2 Å². The van der Waals surface area contributed by atoms with Crippen molar-refractivity contribution in [3.63, 3.8) is 0 Å². The Kier molecular flexibility index (Phi) is 12.4. The van der Waals surface area contributed by atoms with Crippen LogP contribution < -0.4 is 4.72 Å². The molecule has 0 amide bonds. The van der Waals surface area contributed by atoms with Crippen LogP contribution in [0.25, 0.3) is 0 Å². The molecule has 1 aliphatic heterocycles. The molecule has 2 aliphatic carbocycles. The summed E-state index contributed by atoms with van der Waals surface area (Å²) in [5, 5.41) is 44.6. The molecule has 3 aliphatic rings. The first-order valence-electron chi connectivity index (χ1n) is 15.5. The molecule has 1 saturated heterocycles. The van der Waals surface area contributed by atoms with E-state index >= 15 is 0 Å². The summed E-state index contributed by atoms with van der Waals surface area (Å²) in [6.07, 6.45) is 6.37. The number of methoxy groups -OCH3 is 1. The number of fused-ring (bicyclic) bond motifs is 1. The predicted molar refractivity (Wildman–Crippen MR) is 165 cm³/mol. The maximum atomic E-state index is 12.3. The third kappa shape index (κ3) is 9.61. The molecule has 3 fully saturated rings. The van der Waals surface area contributed by atoms with Gasteiger partial charge >= 0.3 is 17.9 Å². The minimum atomic E-state index is -3.40. The predicted octanol–water partition coefficient (Wildman–Crippen LogP) is 2.51. The second kappa shape index (κ2) is 15.2. The van der Waals surface area contributed by atoms with E-state index in [0.29, 0.717) is 17.5 Å². The lowest BCUT2D eigenvalue weighted by atomic mass is 9.81. The summed E-state index contributed by atoms with van der Waals surface area (Å²) in [6.45, 7) is 5.75. The Morgan fingerprint density at radius 2 is 1.64 bits per heavy atom. The Bertz CT molecular complexity index is 1270. The number of anilines is 1. The number of rotatable bonds is 16. The lowest BCUT2D eigenvalue weighted by Crippen LogP contribution is -2.42. The number of hydrogen-bond donors (Lipinski definition) is 6. The molecule has 45 heavy (non-hydrogen) atoms. The lowest BCUT2D eigenvalue weighted by molar-refractivity contribution is -0.170. The Balaban J connectivity index is 0.000000360. The second-order valence-electron chi connectivity index (χ2n) is 12.7. The number of sulfonamides is 1. The molecule has 0 radical (unpaired) electrons. The molecule has 2 atom stereocenters. The van der Waals surface area contributed by atoms with Gasteiger partial charge in [0.15, 0.2) is 5.60 Å². The van der Waals surface area contributed by atoms with Gasteiger partial charge in [-0.15, -0.1) is 0 Å². The molecule has 0 bridgehead atoms. The van der Waals surface area contributed by atoms with E-state index in [0.717, 1.165) is 51.7 Å². The maximum Gasteiger partial charge on any atom is 0.336 e.